The molecule has 2 heterocycles. The molecule has 31 heavy (non-hydrogen) atoms. The van der Waals surface area contributed by atoms with Crippen LogP contribution in [0.3, 0.4) is 0 Å². The van der Waals surface area contributed by atoms with E-state index in [0.717, 1.165) is 46.1 Å². The van der Waals surface area contributed by atoms with Crippen molar-refractivity contribution in [1.82, 2.24) is 4.57 Å². The number of halogens is 5. The number of alkyl halides is 3. The van der Waals surface area contributed by atoms with E-state index in [1.165, 1.54) is 17.7 Å². The van der Waals surface area contributed by atoms with E-state index >= 15 is 0 Å². The molecule has 0 atom stereocenters. The molecule has 0 aliphatic carbocycles. The van der Waals surface area contributed by atoms with Crippen molar-refractivity contribution in [2.45, 2.75) is 19.0 Å². The van der Waals surface area contributed by atoms with Crippen molar-refractivity contribution in [3.8, 4) is 22.6 Å². The highest BCUT2D eigenvalue weighted by molar-refractivity contribution is 9.10. The summed E-state index contributed by atoms with van der Waals surface area (Å²) < 4.78 is 45.2. The molecule has 4 aromatic rings. The van der Waals surface area contributed by atoms with E-state index < -0.39 is 11.7 Å². The average molecular weight is 551 g/mol. The number of nitrogens with zero attached hydrogens (tertiary/aromatic N) is 2. The van der Waals surface area contributed by atoms with Gasteiger partial charge in [0.25, 0.3) is 5.82 Å². The van der Waals surface area contributed by atoms with E-state index in [0.29, 0.717) is 5.69 Å². The van der Waals surface area contributed by atoms with E-state index in [4.69, 9.17) is 0 Å². The Kier molecular flexibility index (Phi) is 5.83. The van der Waals surface area contributed by atoms with Crippen molar-refractivity contribution >= 4 is 32.9 Å². The maximum Gasteiger partial charge on any atom is 0.416 e. The van der Waals surface area contributed by atoms with Crippen LogP contribution >= 0.6 is 32.9 Å². The minimum absolute atomic E-state index is 0. The molecule has 0 radical (unpaired) electrons. The number of benzene rings is 3. The first-order valence-corrected chi connectivity index (χ1v) is 10.4. The van der Waals surface area contributed by atoms with Crippen LogP contribution in [0.2, 0.25) is 0 Å². The van der Waals surface area contributed by atoms with Crippen LogP contribution in [0.1, 0.15) is 17.0 Å². The lowest BCUT2D eigenvalue weighted by molar-refractivity contribution is -0.606. The number of para-hydroxylation sites is 1. The van der Waals surface area contributed by atoms with Gasteiger partial charge >= 0.3 is 6.18 Å². The van der Waals surface area contributed by atoms with Gasteiger partial charge in [0.05, 0.1) is 12.0 Å². The van der Waals surface area contributed by atoms with Gasteiger partial charge in [0.15, 0.2) is 5.69 Å². The second-order valence-corrected chi connectivity index (χ2v) is 8.24. The number of imidazole rings is 1. The topological polar surface area (TPSA) is 8.81 Å². The maximum atomic E-state index is 13.4. The van der Waals surface area contributed by atoms with Crippen LogP contribution in [0.15, 0.2) is 83.5 Å². The normalized spacial score (nSPS) is 12.6. The molecule has 0 unspecified atom stereocenters. The Labute approximate surface area is 196 Å². The molecule has 0 amide bonds. The summed E-state index contributed by atoms with van der Waals surface area (Å²) in [5.41, 5.74) is 3.96. The lowest BCUT2D eigenvalue weighted by Gasteiger charge is -2.14. The van der Waals surface area contributed by atoms with Gasteiger partial charge in [0.2, 0.25) is 0 Å². The fourth-order valence-electron chi connectivity index (χ4n) is 4.08. The maximum absolute atomic E-state index is 13.4. The SMILES string of the molecule is Br.FC(F)(F)c1cccc(-n2c(-c3ccc(Br)cc3)c[n+]3c2CCc2ccccc2-3)c1. The zero-order chi connectivity index (χ0) is 20.9. The van der Waals surface area contributed by atoms with E-state index in [1.54, 1.807) is 6.07 Å². The van der Waals surface area contributed by atoms with E-state index in [2.05, 4.69) is 32.6 Å². The van der Waals surface area contributed by atoms with Gasteiger partial charge in [-0.05, 0) is 60.5 Å². The van der Waals surface area contributed by atoms with Crippen LogP contribution in [0.25, 0.3) is 22.6 Å². The van der Waals surface area contributed by atoms with Crippen LogP contribution in [0.5, 0.6) is 0 Å². The van der Waals surface area contributed by atoms with Crippen molar-refractivity contribution in [2.24, 2.45) is 0 Å². The fraction of sp³-hybridized carbons (Fsp3) is 0.125. The number of fused-ring (bicyclic) bond motifs is 3. The second kappa shape index (κ2) is 8.28. The van der Waals surface area contributed by atoms with Gasteiger partial charge in [0.1, 0.15) is 17.6 Å². The molecule has 0 saturated heterocycles. The molecule has 0 spiro atoms. The van der Waals surface area contributed by atoms with Gasteiger partial charge in [0, 0.05) is 10.0 Å². The molecule has 1 aliphatic heterocycles. The molecule has 0 N–H and O–H groups in total. The number of aryl methyl sites for hydroxylation is 1. The Morgan fingerprint density at radius 2 is 1.61 bits per heavy atom. The number of aromatic nitrogens is 2. The molecule has 0 saturated carbocycles. The molecule has 3 aromatic carbocycles. The summed E-state index contributed by atoms with van der Waals surface area (Å²) in [6.07, 6.45) is -0.777. The number of rotatable bonds is 2. The Balaban J connectivity index is 0.00000231. The van der Waals surface area contributed by atoms with Gasteiger partial charge in [-0.25, -0.2) is 0 Å². The van der Waals surface area contributed by atoms with E-state index in [9.17, 15) is 13.2 Å². The van der Waals surface area contributed by atoms with Crippen molar-refractivity contribution in [2.75, 3.05) is 0 Å². The lowest BCUT2D eigenvalue weighted by atomic mass is 10.0. The van der Waals surface area contributed by atoms with Crippen LogP contribution in [-0.2, 0) is 19.0 Å². The minimum Gasteiger partial charge on any atom is -0.198 e. The molecule has 7 heteroatoms. The quantitative estimate of drug-likeness (QED) is 0.241. The smallest absolute Gasteiger partial charge is 0.198 e. The summed E-state index contributed by atoms with van der Waals surface area (Å²) in [5.74, 6) is 0.964. The molecule has 1 aromatic heterocycles. The van der Waals surface area contributed by atoms with Gasteiger partial charge in [-0.2, -0.15) is 22.3 Å². The molecule has 158 valence electrons. The second-order valence-electron chi connectivity index (χ2n) is 7.32. The number of hydrogen-bond acceptors (Lipinski definition) is 0. The van der Waals surface area contributed by atoms with Crippen LogP contribution < -0.4 is 4.57 Å². The molecule has 0 fully saturated rings. The summed E-state index contributed by atoms with van der Waals surface area (Å²) in [6, 6.07) is 21.5. The molecule has 5 rings (SSSR count). The largest absolute Gasteiger partial charge is 0.416 e. The summed E-state index contributed by atoms with van der Waals surface area (Å²) in [5, 5.41) is 0. The van der Waals surface area contributed by atoms with E-state index in [-0.39, 0.29) is 17.0 Å². The summed E-state index contributed by atoms with van der Waals surface area (Å²) in [4.78, 5) is 0. The predicted molar refractivity (Wildman–Crippen MR) is 123 cm³/mol. The molecular formula is C24H18Br2F3N2+. The molecule has 2 nitrogen and oxygen atoms in total. The Morgan fingerprint density at radius 3 is 2.35 bits per heavy atom. The van der Waals surface area contributed by atoms with Crippen molar-refractivity contribution in [3.63, 3.8) is 0 Å². The van der Waals surface area contributed by atoms with Crippen LogP contribution in [-0.4, -0.2) is 4.57 Å². The number of hydrogen-bond donors (Lipinski definition) is 0. The minimum atomic E-state index is -4.39. The Bertz CT molecular complexity index is 1240. The Hall–Kier alpha value is -2.38. The van der Waals surface area contributed by atoms with Crippen LogP contribution in [0.4, 0.5) is 13.2 Å². The zero-order valence-corrected chi connectivity index (χ0v) is 19.5. The fourth-order valence-corrected chi connectivity index (χ4v) is 4.34. The highest BCUT2D eigenvalue weighted by Gasteiger charge is 2.34. The molecular weight excluding hydrogens is 533 g/mol. The van der Waals surface area contributed by atoms with Crippen LogP contribution in [0, 0.1) is 0 Å². The van der Waals surface area contributed by atoms with Crippen molar-refractivity contribution in [1.29, 1.82) is 0 Å². The first-order valence-electron chi connectivity index (χ1n) is 9.60. The predicted octanol–water partition coefficient (Wildman–Crippen LogP) is 6.88. The third-order valence-electron chi connectivity index (χ3n) is 5.47. The van der Waals surface area contributed by atoms with Crippen molar-refractivity contribution in [3.05, 3.63) is 100 Å². The third-order valence-corrected chi connectivity index (χ3v) is 6.00. The van der Waals surface area contributed by atoms with Gasteiger partial charge in [-0.15, -0.1) is 17.0 Å². The third kappa shape index (κ3) is 3.96. The average Bonchev–Trinajstić information content (AvgIpc) is 3.14. The highest BCUT2D eigenvalue weighted by Crippen LogP contribution is 2.33. The molecule has 1 aliphatic rings. The standard InChI is InChI=1S/C24H17BrF3N2.BrH/c25-19-11-8-17(9-12-19)22-15-29-21-7-2-1-4-16(21)10-13-23(29)30(22)20-6-3-5-18(14-20)24(26,27)28;/h1-9,11-12,14-15H,10,13H2;1H/q+1;. The van der Waals surface area contributed by atoms with Crippen molar-refractivity contribution < 1.29 is 17.7 Å². The summed E-state index contributed by atoms with van der Waals surface area (Å²) >= 11 is 3.45. The zero-order valence-electron chi connectivity index (χ0n) is 16.2. The highest BCUT2D eigenvalue weighted by atomic mass is 79.9. The van der Waals surface area contributed by atoms with Gasteiger partial charge in [-0.3, -0.25) is 0 Å². The Morgan fingerprint density at radius 1 is 0.871 bits per heavy atom. The summed E-state index contributed by atoms with van der Waals surface area (Å²) in [6.45, 7) is 0. The first kappa shape index (κ1) is 21.8. The monoisotopic (exact) mass is 549 g/mol. The lowest BCUT2D eigenvalue weighted by Crippen LogP contribution is -2.39. The molecule has 0 bridgehead atoms. The van der Waals surface area contributed by atoms with Gasteiger partial charge < -0.3 is 0 Å². The summed E-state index contributed by atoms with van der Waals surface area (Å²) in [7, 11) is 0. The van der Waals surface area contributed by atoms with Gasteiger partial charge in [-0.1, -0.05) is 40.2 Å². The first-order chi connectivity index (χ1) is 14.4. The van der Waals surface area contributed by atoms with E-state index in [1.807, 2.05) is 47.2 Å².